The first-order valence-corrected chi connectivity index (χ1v) is 5.34. The van der Waals surface area contributed by atoms with Gasteiger partial charge in [0.15, 0.2) is 0 Å². The monoisotopic (exact) mass is 262 g/mol. The first-order chi connectivity index (χ1) is 7.24. The highest BCUT2D eigenvalue weighted by molar-refractivity contribution is 9.10. The molecule has 2 aromatic carbocycles. The lowest BCUT2D eigenvalue weighted by Crippen LogP contribution is -1.67. The second-order valence-corrected chi connectivity index (χ2v) is 4.34. The Labute approximate surface area is 94.3 Å². The third-order valence-electron chi connectivity index (χ3n) is 2.41. The fraction of sp³-hybridized carbons (Fsp3) is 0. The summed E-state index contributed by atoms with van der Waals surface area (Å²) in [7, 11) is 0. The summed E-state index contributed by atoms with van der Waals surface area (Å²) in [6.07, 6.45) is 0. The van der Waals surface area contributed by atoms with Gasteiger partial charge in [-0.05, 0) is 36.4 Å². The normalized spacial score (nSPS) is 11.3. The minimum absolute atomic E-state index is 0.255. The summed E-state index contributed by atoms with van der Waals surface area (Å²) in [4.78, 5) is 0. The molecule has 0 radical (unpaired) electrons. The predicted octanol–water partition coefficient (Wildman–Crippen LogP) is 4.05. The van der Waals surface area contributed by atoms with Crippen LogP contribution in [0.25, 0.3) is 21.9 Å². The number of benzene rings is 2. The van der Waals surface area contributed by atoms with E-state index in [9.17, 15) is 5.11 Å². The van der Waals surface area contributed by atoms with E-state index < -0.39 is 0 Å². The maximum Gasteiger partial charge on any atom is 0.135 e. The van der Waals surface area contributed by atoms with Gasteiger partial charge in [-0.25, -0.2) is 0 Å². The molecule has 0 unspecified atom stereocenters. The van der Waals surface area contributed by atoms with E-state index in [1.54, 1.807) is 18.2 Å². The molecule has 15 heavy (non-hydrogen) atoms. The van der Waals surface area contributed by atoms with Gasteiger partial charge in [-0.2, -0.15) is 0 Å². The molecule has 2 nitrogen and oxygen atoms in total. The van der Waals surface area contributed by atoms with Gasteiger partial charge in [-0.1, -0.05) is 15.9 Å². The zero-order chi connectivity index (χ0) is 10.4. The van der Waals surface area contributed by atoms with Gasteiger partial charge in [0.1, 0.15) is 16.9 Å². The third-order valence-corrected chi connectivity index (χ3v) is 2.91. The maximum absolute atomic E-state index is 9.42. The van der Waals surface area contributed by atoms with Crippen LogP contribution < -0.4 is 0 Å². The summed E-state index contributed by atoms with van der Waals surface area (Å²) in [6.45, 7) is 0. The number of hydrogen-bond donors (Lipinski definition) is 1. The second-order valence-electron chi connectivity index (χ2n) is 3.42. The smallest absolute Gasteiger partial charge is 0.135 e. The topological polar surface area (TPSA) is 33.4 Å². The molecule has 1 N–H and O–H groups in total. The lowest BCUT2D eigenvalue weighted by atomic mass is 10.1. The van der Waals surface area contributed by atoms with Gasteiger partial charge in [0, 0.05) is 15.2 Å². The zero-order valence-corrected chi connectivity index (χ0v) is 9.28. The molecule has 3 heteroatoms. The Morgan fingerprint density at radius 2 is 1.60 bits per heavy atom. The third kappa shape index (κ3) is 1.31. The number of aromatic hydroxyl groups is 1. The SMILES string of the molecule is Oc1ccc2oc3ccc(Br)cc3c2c1. The number of halogens is 1. The Hall–Kier alpha value is -1.48. The van der Waals surface area contributed by atoms with Crippen molar-refractivity contribution >= 4 is 37.9 Å². The van der Waals surface area contributed by atoms with Gasteiger partial charge in [0.25, 0.3) is 0 Å². The van der Waals surface area contributed by atoms with Gasteiger partial charge in [0.2, 0.25) is 0 Å². The molecule has 0 amide bonds. The number of phenols is 1. The molecule has 0 bridgehead atoms. The molecular weight excluding hydrogens is 256 g/mol. The highest BCUT2D eigenvalue weighted by Gasteiger charge is 2.07. The van der Waals surface area contributed by atoms with Crippen LogP contribution in [-0.2, 0) is 0 Å². The molecule has 3 rings (SSSR count). The van der Waals surface area contributed by atoms with Crippen molar-refractivity contribution in [2.24, 2.45) is 0 Å². The molecule has 1 heterocycles. The fourth-order valence-corrected chi connectivity index (χ4v) is 2.10. The van der Waals surface area contributed by atoms with Gasteiger partial charge in [-0.3, -0.25) is 0 Å². The number of hydrogen-bond acceptors (Lipinski definition) is 2. The maximum atomic E-state index is 9.42. The van der Waals surface area contributed by atoms with Crippen molar-refractivity contribution in [2.45, 2.75) is 0 Å². The molecule has 1 aromatic heterocycles. The van der Waals surface area contributed by atoms with Crippen molar-refractivity contribution < 1.29 is 9.52 Å². The van der Waals surface area contributed by atoms with E-state index in [2.05, 4.69) is 15.9 Å². The Balaban J connectivity index is 2.55. The molecule has 3 aromatic rings. The molecule has 0 saturated heterocycles. The van der Waals surface area contributed by atoms with Crippen molar-refractivity contribution in [3.8, 4) is 5.75 Å². The Morgan fingerprint density at radius 1 is 0.933 bits per heavy atom. The van der Waals surface area contributed by atoms with E-state index >= 15 is 0 Å². The molecule has 0 aliphatic rings. The van der Waals surface area contributed by atoms with Crippen LogP contribution in [0.4, 0.5) is 0 Å². The van der Waals surface area contributed by atoms with Crippen molar-refractivity contribution in [3.63, 3.8) is 0 Å². The van der Waals surface area contributed by atoms with Crippen molar-refractivity contribution in [2.75, 3.05) is 0 Å². The van der Waals surface area contributed by atoms with Gasteiger partial charge < -0.3 is 9.52 Å². The van der Waals surface area contributed by atoms with E-state index in [1.165, 1.54) is 0 Å². The number of rotatable bonds is 0. The first kappa shape index (κ1) is 8.80. The summed E-state index contributed by atoms with van der Waals surface area (Å²) in [5, 5.41) is 11.4. The molecule has 0 saturated carbocycles. The van der Waals surface area contributed by atoms with Crippen LogP contribution in [0.15, 0.2) is 45.3 Å². The Morgan fingerprint density at radius 3 is 2.40 bits per heavy atom. The minimum Gasteiger partial charge on any atom is -0.508 e. The average molecular weight is 263 g/mol. The molecule has 0 aliphatic carbocycles. The Kier molecular flexibility index (Phi) is 1.76. The van der Waals surface area contributed by atoms with Crippen LogP contribution in [0.2, 0.25) is 0 Å². The van der Waals surface area contributed by atoms with Gasteiger partial charge >= 0.3 is 0 Å². The van der Waals surface area contributed by atoms with Crippen molar-refractivity contribution in [3.05, 3.63) is 40.9 Å². The summed E-state index contributed by atoms with van der Waals surface area (Å²) < 4.78 is 6.63. The summed E-state index contributed by atoms with van der Waals surface area (Å²) in [6, 6.07) is 11.0. The largest absolute Gasteiger partial charge is 0.508 e. The van der Waals surface area contributed by atoms with Crippen LogP contribution in [0.3, 0.4) is 0 Å². The fourth-order valence-electron chi connectivity index (χ4n) is 1.74. The van der Waals surface area contributed by atoms with E-state index in [0.717, 1.165) is 26.4 Å². The number of phenolic OH excluding ortho intramolecular Hbond substituents is 1. The molecular formula is C12H7BrO2. The van der Waals surface area contributed by atoms with Crippen molar-refractivity contribution in [1.82, 2.24) is 0 Å². The van der Waals surface area contributed by atoms with Crippen LogP contribution in [-0.4, -0.2) is 5.11 Å². The lowest BCUT2D eigenvalue weighted by molar-refractivity contribution is 0.476. The second kappa shape index (κ2) is 3.00. The number of furan rings is 1. The van der Waals surface area contributed by atoms with E-state index in [1.807, 2.05) is 18.2 Å². The van der Waals surface area contributed by atoms with Crippen LogP contribution in [0.5, 0.6) is 5.75 Å². The summed E-state index contributed by atoms with van der Waals surface area (Å²) >= 11 is 3.42. The quantitative estimate of drug-likeness (QED) is 0.663. The zero-order valence-electron chi connectivity index (χ0n) is 7.70. The van der Waals surface area contributed by atoms with E-state index in [4.69, 9.17) is 4.42 Å². The van der Waals surface area contributed by atoms with Crippen molar-refractivity contribution in [1.29, 1.82) is 0 Å². The first-order valence-electron chi connectivity index (χ1n) is 4.55. The van der Waals surface area contributed by atoms with Crippen LogP contribution >= 0.6 is 15.9 Å². The standard InChI is InChI=1S/C12H7BrO2/c13-7-1-3-11-9(5-7)10-6-8(14)2-4-12(10)15-11/h1-6,14H. The van der Waals surface area contributed by atoms with E-state index in [-0.39, 0.29) is 5.75 Å². The molecule has 0 spiro atoms. The van der Waals surface area contributed by atoms with Gasteiger partial charge in [0.05, 0.1) is 0 Å². The highest BCUT2D eigenvalue weighted by Crippen LogP contribution is 2.32. The highest BCUT2D eigenvalue weighted by atomic mass is 79.9. The summed E-state index contributed by atoms with van der Waals surface area (Å²) in [5.74, 6) is 0.255. The molecule has 74 valence electrons. The summed E-state index contributed by atoms with van der Waals surface area (Å²) in [5.41, 5.74) is 1.62. The molecule has 0 atom stereocenters. The Bertz CT molecular complexity index is 599. The van der Waals surface area contributed by atoms with Crippen LogP contribution in [0, 0.1) is 0 Å². The average Bonchev–Trinajstić information content (AvgIpc) is 2.56. The molecule has 0 fully saturated rings. The molecule has 0 aliphatic heterocycles. The lowest BCUT2D eigenvalue weighted by Gasteiger charge is -1.91. The predicted molar refractivity (Wildman–Crippen MR) is 63.1 cm³/mol. The minimum atomic E-state index is 0.255. The van der Waals surface area contributed by atoms with Crippen LogP contribution in [0.1, 0.15) is 0 Å². The van der Waals surface area contributed by atoms with Gasteiger partial charge in [-0.15, -0.1) is 0 Å². The number of fused-ring (bicyclic) bond motifs is 3. The van der Waals surface area contributed by atoms with E-state index in [0.29, 0.717) is 0 Å².